The van der Waals surface area contributed by atoms with Crippen molar-refractivity contribution in [1.82, 2.24) is 0 Å². The van der Waals surface area contributed by atoms with E-state index in [9.17, 15) is 13.0 Å². The van der Waals surface area contributed by atoms with Gasteiger partial charge < -0.3 is 8.74 Å². The third-order valence-electron chi connectivity index (χ3n) is 3.00. The van der Waals surface area contributed by atoms with Crippen molar-refractivity contribution in [2.75, 3.05) is 0 Å². The Morgan fingerprint density at radius 2 is 0.967 bits per heavy atom. The molecule has 0 atom stereocenters. The summed E-state index contributed by atoms with van der Waals surface area (Å²) in [6.07, 6.45) is 40.1. The molecule has 0 saturated heterocycles. The van der Waals surface area contributed by atoms with Gasteiger partial charge in [-0.25, -0.2) is 8.42 Å². The van der Waals surface area contributed by atoms with Crippen molar-refractivity contribution in [1.29, 1.82) is 0 Å². The average Bonchev–Trinajstić information content (AvgIpc) is 2.67. The van der Waals surface area contributed by atoms with Crippen molar-refractivity contribution in [2.45, 2.75) is 26.2 Å². The molecule has 0 saturated carbocycles. The van der Waals surface area contributed by atoms with Gasteiger partial charge in [-0.3, -0.25) is 0 Å². The van der Waals surface area contributed by atoms with Crippen LogP contribution in [-0.2, 0) is 14.6 Å². The molecule has 30 heavy (non-hydrogen) atoms. The Morgan fingerprint density at radius 3 is 1.30 bits per heavy atom. The molecule has 0 amide bonds. The summed E-state index contributed by atoms with van der Waals surface area (Å²) in [5.74, 6) is 0. The van der Waals surface area contributed by atoms with Crippen molar-refractivity contribution in [3.05, 3.63) is 122 Å². The summed E-state index contributed by atoms with van der Waals surface area (Å²) in [5, 5.41) is 0. The number of rotatable bonds is 14. The predicted octanol–water partition coefficient (Wildman–Crippen LogP) is 3.18. The van der Waals surface area contributed by atoms with Gasteiger partial charge in [0.15, 0.2) is 0 Å². The van der Waals surface area contributed by atoms with Crippen molar-refractivity contribution in [3.8, 4) is 0 Å². The van der Waals surface area contributed by atoms with Gasteiger partial charge in [-0.1, -0.05) is 129 Å². The van der Waals surface area contributed by atoms with Crippen LogP contribution in [0.2, 0.25) is 0 Å². The van der Waals surface area contributed by atoms with E-state index in [-0.39, 0.29) is 29.6 Å². The van der Waals surface area contributed by atoms with E-state index in [4.69, 9.17) is 0 Å². The molecule has 0 unspecified atom stereocenters. The van der Waals surface area contributed by atoms with Gasteiger partial charge in [0.1, 0.15) is 6.26 Å². The first-order valence-electron chi connectivity index (χ1n) is 9.35. The maximum absolute atomic E-state index is 10.1. The van der Waals surface area contributed by atoms with Crippen LogP contribution >= 0.6 is 0 Å². The van der Waals surface area contributed by atoms with E-state index in [1.165, 1.54) is 25.0 Å². The molecule has 0 aliphatic rings. The summed E-state index contributed by atoms with van der Waals surface area (Å²) in [5.41, 5.74) is 0. The van der Waals surface area contributed by atoms with Crippen molar-refractivity contribution < 1.29 is 46.7 Å². The Balaban J connectivity index is 0. The van der Waals surface area contributed by atoms with Crippen LogP contribution in [0.1, 0.15) is 26.2 Å². The Bertz CT molecular complexity index is 806. The fourth-order valence-electron chi connectivity index (χ4n) is 1.67. The average molecular weight is 437 g/mol. The fraction of sp³-hybridized carbons (Fsp3) is 0.167. The van der Waals surface area contributed by atoms with Gasteiger partial charge in [-0.2, -0.15) is 0 Å². The molecule has 0 spiro atoms. The maximum atomic E-state index is 10.1. The smallest absolute Gasteiger partial charge is 0.716 e. The molecule has 0 N–H and O–H groups in total. The number of allylic oxidation sites excluding steroid dienone is 19. The minimum atomic E-state index is -4.68. The Hall–Kier alpha value is -1.89. The zero-order valence-corrected chi connectivity index (χ0v) is 20.5. The SMILES string of the molecule is CCCC/C=C/C=C/C=C/C=C/C=C/C=C/C=C/C=C/C=C/C=C/OS(=O)(=O)[O-].[Na+]. The van der Waals surface area contributed by atoms with Crippen LogP contribution in [0.3, 0.4) is 0 Å². The molecule has 4 nitrogen and oxygen atoms in total. The molecule has 0 radical (unpaired) electrons. The van der Waals surface area contributed by atoms with Gasteiger partial charge in [0.25, 0.3) is 10.4 Å². The topological polar surface area (TPSA) is 66.4 Å². The summed E-state index contributed by atoms with van der Waals surface area (Å²) in [6.45, 7) is 2.19. The summed E-state index contributed by atoms with van der Waals surface area (Å²) < 4.78 is 34.3. The first-order valence-corrected chi connectivity index (χ1v) is 10.7. The van der Waals surface area contributed by atoms with Gasteiger partial charge in [-0.05, 0) is 12.5 Å². The number of hydrogen-bond donors (Lipinski definition) is 0. The maximum Gasteiger partial charge on any atom is 1.00 e. The monoisotopic (exact) mass is 436 g/mol. The van der Waals surface area contributed by atoms with Gasteiger partial charge in [0, 0.05) is 0 Å². The molecule has 0 heterocycles. The van der Waals surface area contributed by atoms with Gasteiger partial charge >= 0.3 is 29.6 Å². The second-order valence-electron chi connectivity index (χ2n) is 5.48. The zero-order chi connectivity index (χ0) is 21.5. The number of unbranched alkanes of at least 4 members (excludes halogenated alkanes) is 2. The van der Waals surface area contributed by atoms with E-state index in [1.807, 2.05) is 72.9 Å². The second kappa shape index (κ2) is 23.4. The Morgan fingerprint density at radius 1 is 0.633 bits per heavy atom. The van der Waals surface area contributed by atoms with Gasteiger partial charge in [-0.15, -0.1) is 0 Å². The first-order chi connectivity index (χ1) is 14.1. The minimum absolute atomic E-state index is 0. The molecule has 0 bridgehead atoms. The van der Waals surface area contributed by atoms with Crippen LogP contribution in [0.15, 0.2) is 122 Å². The van der Waals surface area contributed by atoms with Crippen LogP contribution in [-0.4, -0.2) is 13.0 Å². The van der Waals surface area contributed by atoms with E-state index in [1.54, 1.807) is 18.2 Å². The second-order valence-corrected chi connectivity index (χ2v) is 6.49. The molecule has 0 aliphatic carbocycles. The zero-order valence-electron chi connectivity index (χ0n) is 17.7. The fourth-order valence-corrected chi connectivity index (χ4v) is 1.87. The molecule has 0 aromatic carbocycles. The van der Waals surface area contributed by atoms with Crippen LogP contribution in [0.25, 0.3) is 0 Å². The predicted molar refractivity (Wildman–Crippen MR) is 122 cm³/mol. The van der Waals surface area contributed by atoms with E-state index in [0.29, 0.717) is 0 Å². The number of hydrogen-bond acceptors (Lipinski definition) is 4. The van der Waals surface area contributed by atoms with E-state index >= 15 is 0 Å². The molecule has 0 fully saturated rings. The summed E-state index contributed by atoms with van der Waals surface area (Å²) in [4.78, 5) is 0. The summed E-state index contributed by atoms with van der Waals surface area (Å²) in [7, 11) is -4.68. The van der Waals surface area contributed by atoms with Gasteiger partial charge in [0.2, 0.25) is 0 Å². The first kappa shape index (κ1) is 30.3. The Labute approximate surface area is 204 Å². The standard InChI is InChI=1S/C24H30O4S.Na/c1-2-3-4-5-6-7-8-9-10-11-12-13-14-15-16-17-18-19-20-21-22-23-24-28-29(25,26)27;/h5-24H,2-4H2,1H3,(H,25,26,27);/q;+1/p-1/b6-5+,8-7+,10-9+,12-11+,14-13+,16-15+,18-17+,20-19+,22-21+,24-23+;. The summed E-state index contributed by atoms with van der Waals surface area (Å²) in [6, 6.07) is 0. The molecule has 156 valence electrons. The van der Waals surface area contributed by atoms with Crippen molar-refractivity contribution in [3.63, 3.8) is 0 Å². The molecule has 6 heteroatoms. The molecule has 0 rings (SSSR count). The third-order valence-corrected chi connectivity index (χ3v) is 3.35. The van der Waals surface area contributed by atoms with E-state index in [2.05, 4.69) is 23.3 Å². The normalized spacial score (nSPS) is 14.1. The van der Waals surface area contributed by atoms with Crippen LogP contribution in [0, 0.1) is 0 Å². The van der Waals surface area contributed by atoms with E-state index in [0.717, 1.165) is 12.7 Å². The van der Waals surface area contributed by atoms with Crippen LogP contribution < -0.4 is 29.6 Å². The quantitative estimate of drug-likeness (QED) is 0.105. The summed E-state index contributed by atoms with van der Waals surface area (Å²) >= 11 is 0. The molecule has 0 aromatic heterocycles. The largest absolute Gasteiger partial charge is 1.00 e. The third kappa shape index (κ3) is 28.3. The van der Waals surface area contributed by atoms with Crippen LogP contribution in [0.5, 0.6) is 0 Å². The van der Waals surface area contributed by atoms with Crippen molar-refractivity contribution in [2.24, 2.45) is 0 Å². The molecular formula is C24H29NaO4S. The molecule has 0 aliphatic heterocycles. The van der Waals surface area contributed by atoms with Crippen LogP contribution in [0.4, 0.5) is 0 Å². The Kier molecular flexibility index (Phi) is 23.6. The minimum Gasteiger partial charge on any atom is -0.716 e. The molecular weight excluding hydrogens is 407 g/mol. The van der Waals surface area contributed by atoms with Crippen molar-refractivity contribution >= 4 is 10.4 Å². The van der Waals surface area contributed by atoms with Gasteiger partial charge in [0.05, 0.1) is 0 Å². The van der Waals surface area contributed by atoms with E-state index < -0.39 is 10.4 Å². The molecule has 0 aromatic rings.